The number of carbonyl (C=O) groups is 1. The van der Waals surface area contributed by atoms with Crippen molar-refractivity contribution in [3.8, 4) is 0 Å². The zero-order valence-corrected chi connectivity index (χ0v) is 11.4. The number of fused-ring (bicyclic) bond motifs is 1. The zero-order valence-electron chi connectivity index (χ0n) is 11.4. The van der Waals surface area contributed by atoms with E-state index in [4.69, 9.17) is 14.2 Å². The summed E-state index contributed by atoms with van der Waals surface area (Å²) in [6.07, 6.45) is -6.47. The van der Waals surface area contributed by atoms with E-state index >= 15 is 0 Å². The van der Waals surface area contributed by atoms with Gasteiger partial charge in [-0.1, -0.05) is 0 Å². The summed E-state index contributed by atoms with van der Waals surface area (Å²) in [6.45, 7) is 3.92. The van der Waals surface area contributed by atoms with Crippen LogP contribution in [0.15, 0.2) is 0 Å². The smallest absolute Gasteiger partial charge is 0.410 e. The minimum absolute atomic E-state index is 0.256. The molecule has 116 valence electrons. The van der Waals surface area contributed by atoms with Gasteiger partial charge in [-0.3, -0.25) is 4.90 Å². The molecule has 20 heavy (non-hydrogen) atoms. The lowest BCUT2D eigenvalue weighted by molar-refractivity contribution is -0.151. The minimum atomic E-state index is -4.33. The highest BCUT2D eigenvalue weighted by molar-refractivity contribution is 5.68. The Kier molecular flexibility index (Phi) is 4.15. The van der Waals surface area contributed by atoms with Gasteiger partial charge in [0.15, 0.2) is 0 Å². The van der Waals surface area contributed by atoms with Crippen molar-refractivity contribution >= 4 is 6.09 Å². The van der Waals surface area contributed by atoms with Crippen molar-refractivity contribution in [1.82, 2.24) is 4.90 Å². The van der Waals surface area contributed by atoms with E-state index in [2.05, 4.69) is 0 Å². The molecule has 2 fully saturated rings. The van der Waals surface area contributed by atoms with Gasteiger partial charge in [0.1, 0.15) is 12.7 Å². The first-order valence-corrected chi connectivity index (χ1v) is 6.44. The molecule has 0 bridgehead atoms. The monoisotopic (exact) mass is 297 g/mol. The molecule has 5 nitrogen and oxygen atoms in total. The summed E-state index contributed by atoms with van der Waals surface area (Å²) in [5.74, 6) is 0. The van der Waals surface area contributed by atoms with Crippen molar-refractivity contribution in [2.75, 3.05) is 26.4 Å². The number of halogens is 3. The summed E-state index contributed by atoms with van der Waals surface area (Å²) >= 11 is 0. The molecule has 2 saturated heterocycles. The number of morpholine rings is 1. The van der Waals surface area contributed by atoms with Crippen LogP contribution >= 0.6 is 0 Å². The first-order valence-electron chi connectivity index (χ1n) is 6.44. The fourth-order valence-electron chi connectivity index (χ4n) is 2.44. The largest absolute Gasteiger partial charge is 0.449 e. The van der Waals surface area contributed by atoms with E-state index in [9.17, 15) is 18.0 Å². The molecule has 0 spiro atoms. The van der Waals surface area contributed by atoms with Crippen LogP contribution in [-0.2, 0) is 14.2 Å². The summed E-state index contributed by atoms with van der Waals surface area (Å²) in [6, 6.07) is -0.290. The third kappa shape index (κ3) is 3.76. The molecule has 0 N–H and O–H groups in total. The molecule has 0 aromatic carbocycles. The number of rotatable bonds is 2. The van der Waals surface area contributed by atoms with Gasteiger partial charge in [0.25, 0.3) is 0 Å². The maximum Gasteiger partial charge on any atom is 0.410 e. The van der Waals surface area contributed by atoms with E-state index in [1.165, 1.54) is 4.90 Å². The molecule has 0 aliphatic carbocycles. The Balaban J connectivity index is 1.93. The Hall–Kier alpha value is -1.02. The van der Waals surface area contributed by atoms with Crippen molar-refractivity contribution in [3.63, 3.8) is 0 Å². The molecule has 0 aromatic heterocycles. The zero-order chi connectivity index (χ0) is 15.0. The van der Waals surface area contributed by atoms with Crippen LogP contribution in [-0.4, -0.2) is 61.3 Å². The molecule has 2 atom stereocenters. The van der Waals surface area contributed by atoms with Crippen molar-refractivity contribution in [1.29, 1.82) is 0 Å². The first-order chi connectivity index (χ1) is 9.18. The number of nitrogens with zero attached hydrogens (tertiary/aromatic N) is 1. The quantitative estimate of drug-likeness (QED) is 0.781. The predicted octanol–water partition coefficient (Wildman–Crippen LogP) is 1.95. The van der Waals surface area contributed by atoms with Crippen LogP contribution in [0.1, 0.15) is 20.3 Å². The second kappa shape index (κ2) is 5.40. The van der Waals surface area contributed by atoms with E-state index in [1.54, 1.807) is 0 Å². The summed E-state index contributed by atoms with van der Waals surface area (Å²) in [4.78, 5) is 13.4. The van der Waals surface area contributed by atoms with Crippen molar-refractivity contribution in [3.05, 3.63) is 0 Å². The third-order valence-electron chi connectivity index (χ3n) is 3.27. The molecule has 0 unspecified atom stereocenters. The standard InChI is InChI=1S/C12H18F3NO4/c1-11(2)7-16(8-5-18-6-9(8)20-11)10(17)19-4-3-12(13,14)15/h8-9H,3-7H2,1-2H3/t8-,9-/m1/s1. The first kappa shape index (κ1) is 15.4. The van der Waals surface area contributed by atoms with E-state index in [-0.39, 0.29) is 18.7 Å². The van der Waals surface area contributed by atoms with Gasteiger partial charge in [-0.05, 0) is 13.8 Å². The highest BCUT2D eigenvalue weighted by Gasteiger charge is 2.46. The summed E-state index contributed by atoms with van der Waals surface area (Å²) < 4.78 is 51.9. The van der Waals surface area contributed by atoms with Crippen molar-refractivity contribution in [2.24, 2.45) is 0 Å². The van der Waals surface area contributed by atoms with Crippen LogP contribution in [0.25, 0.3) is 0 Å². The molecule has 2 rings (SSSR count). The Bertz CT molecular complexity index is 372. The van der Waals surface area contributed by atoms with Crippen LogP contribution < -0.4 is 0 Å². The van der Waals surface area contributed by atoms with Gasteiger partial charge in [-0.25, -0.2) is 4.79 Å². The van der Waals surface area contributed by atoms with Gasteiger partial charge < -0.3 is 14.2 Å². The summed E-state index contributed by atoms with van der Waals surface area (Å²) in [7, 11) is 0. The van der Waals surface area contributed by atoms with Crippen LogP contribution in [0, 0.1) is 0 Å². The lowest BCUT2D eigenvalue weighted by atomic mass is 10.0. The maximum absolute atomic E-state index is 12.0. The third-order valence-corrected chi connectivity index (χ3v) is 3.27. The average Bonchev–Trinajstić information content (AvgIpc) is 2.72. The van der Waals surface area contributed by atoms with E-state index in [0.29, 0.717) is 13.2 Å². The molecule has 2 heterocycles. The Morgan fingerprint density at radius 1 is 1.40 bits per heavy atom. The Morgan fingerprint density at radius 2 is 2.10 bits per heavy atom. The fraction of sp³-hybridized carbons (Fsp3) is 0.917. The lowest BCUT2D eigenvalue weighted by Gasteiger charge is -2.44. The predicted molar refractivity (Wildman–Crippen MR) is 62.3 cm³/mol. The summed E-state index contributed by atoms with van der Waals surface area (Å²) in [5.41, 5.74) is -0.572. The highest BCUT2D eigenvalue weighted by Crippen LogP contribution is 2.30. The molecule has 1 amide bonds. The molecule has 2 aliphatic heterocycles. The number of ether oxygens (including phenoxy) is 3. The number of alkyl halides is 3. The normalized spacial score (nSPS) is 29.1. The number of hydrogen-bond acceptors (Lipinski definition) is 4. The van der Waals surface area contributed by atoms with Gasteiger partial charge in [0.05, 0.1) is 37.8 Å². The van der Waals surface area contributed by atoms with Gasteiger partial charge in [0, 0.05) is 0 Å². The van der Waals surface area contributed by atoms with Crippen molar-refractivity contribution in [2.45, 2.75) is 44.2 Å². The molecular formula is C12H18F3NO4. The van der Waals surface area contributed by atoms with Crippen molar-refractivity contribution < 1.29 is 32.2 Å². The van der Waals surface area contributed by atoms with E-state index in [1.807, 2.05) is 13.8 Å². The number of carbonyl (C=O) groups excluding carboxylic acids is 1. The molecule has 2 aliphatic rings. The van der Waals surface area contributed by atoms with Gasteiger partial charge in [0.2, 0.25) is 0 Å². The number of hydrogen-bond donors (Lipinski definition) is 0. The SMILES string of the molecule is CC1(C)CN(C(=O)OCCC(F)(F)F)[C@@H]2COC[C@H]2O1. The Morgan fingerprint density at radius 3 is 2.75 bits per heavy atom. The molecule has 8 heteroatoms. The van der Waals surface area contributed by atoms with E-state index in [0.717, 1.165) is 0 Å². The summed E-state index contributed by atoms with van der Waals surface area (Å²) in [5, 5.41) is 0. The second-order valence-electron chi connectivity index (χ2n) is 5.63. The number of amides is 1. The molecule has 0 aromatic rings. The van der Waals surface area contributed by atoms with Gasteiger partial charge >= 0.3 is 12.3 Å². The van der Waals surface area contributed by atoms with Gasteiger partial charge in [-0.2, -0.15) is 13.2 Å². The minimum Gasteiger partial charge on any atom is -0.449 e. The van der Waals surface area contributed by atoms with Crippen LogP contribution in [0.3, 0.4) is 0 Å². The topological polar surface area (TPSA) is 48.0 Å². The maximum atomic E-state index is 12.0. The van der Waals surface area contributed by atoms with Crippen LogP contribution in [0.4, 0.5) is 18.0 Å². The second-order valence-corrected chi connectivity index (χ2v) is 5.63. The highest BCUT2D eigenvalue weighted by atomic mass is 19.4. The fourth-order valence-corrected chi connectivity index (χ4v) is 2.44. The molecule has 0 saturated carbocycles. The molecule has 0 radical (unpaired) electrons. The van der Waals surface area contributed by atoms with Crippen LogP contribution in [0.2, 0.25) is 0 Å². The Labute approximate surface area is 115 Å². The van der Waals surface area contributed by atoms with E-state index < -0.39 is 30.9 Å². The lowest BCUT2D eigenvalue weighted by Crippen LogP contribution is -2.60. The van der Waals surface area contributed by atoms with Gasteiger partial charge in [-0.15, -0.1) is 0 Å². The average molecular weight is 297 g/mol. The van der Waals surface area contributed by atoms with Crippen LogP contribution in [0.5, 0.6) is 0 Å². The molecular weight excluding hydrogens is 279 g/mol.